The zero-order valence-corrected chi connectivity index (χ0v) is 13.3. The summed E-state index contributed by atoms with van der Waals surface area (Å²) in [5.74, 6) is -0.886. The molecule has 126 valence electrons. The number of carbonyl (C=O) groups is 2. The van der Waals surface area contributed by atoms with E-state index in [2.05, 4.69) is 11.0 Å². The van der Waals surface area contributed by atoms with Crippen LogP contribution in [0.25, 0.3) is 0 Å². The van der Waals surface area contributed by atoms with Crippen molar-refractivity contribution in [2.75, 3.05) is 37.6 Å². The van der Waals surface area contributed by atoms with Crippen molar-refractivity contribution >= 4 is 17.5 Å². The number of anilines is 1. The normalized spacial score (nSPS) is 22.8. The van der Waals surface area contributed by atoms with E-state index in [9.17, 15) is 14.0 Å². The molecule has 6 nitrogen and oxygen atoms in total. The van der Waals surface area contributed by atoms with E-state index in [0.29, 0.717) is 25.2 Å². The van der Waals surface area contributed by atoms with Crippen LogP contribution >= 0.6 is 0 Å². The largest absolute Gasteiger partial charge is 0.300 e. The fraction of sp³-hybridized carbons (Fsp3) is 0.471. The fourth-order valence-corrected chi connectivity index (χ4v) is 3.27. The molecule has 1 atom stereocenters. The summed E-state index contributed by atoms with van der Waals surface area (Å²) in [7, 11) is 0. The van der Waals surface area contributed by atoms with Gasteiger partial charge in [0.15, 0.2) is 0 Å². The molecular weight excluding hydrogens is 311 g/mol. The number of halogens is 1. The molecule has 2 aliphatic heterocycles. The van der Waals surface area contributed by atoms with Crippen molar-refractivity contribution in [3.63, 3.8) is 0 Å². The molecule has 2 heterocycles. The summed E-state index contributed by atoms with van der Waals surface area (Å²) in [5, 5.41) is 8.64. The molecule has 2 aliphatic rings. The van der Waals surface area contributed by atoms with Gasteiger partial charge in [0, 0.05) is 39.1 Å². The molecule has 2 amide bonds. The Morgan fingerprint density at radius 1 is 1.12 bits per heavy atom. The number of rotatable bonds is 4. The number of hydrogen-bond acceptors (Lipinski definition) is 5. The van der Waals surface area contributed by atoms with Crippen molar-refractivity contribution in [2.24, 2.45) is 0 Å². The Kier molecular flexibility index (Phi) is 4.88. The van der Waals surface area contributed by atoms with Gasteiger partial charge in [-0.1, -0.05) is 0 Å². The molecule has 2 saturated heterocycles. The molecule has 0 bridgehead atoms. The fourth-order valence-electron chi connectivity index (χ4n) is 3.27. The first-order chi connectivity index (χ1) is 11.6. The minimum Gasteiger partial charge on any atom is -0.300 e. The smallest absolute Gasteiger partial charge is 0.251 e. The molecule has 0 aromatic heterocycles. The molecule has 0 N–H and O–H groups in total. The Hall–Kier alpha value is -2.30. The lowest BCUT2D eigenvalue weighted by molar-refractivity contribution is -0.123. The third-order valence-electron chi connectivity index (χ3n) is 4.60. The number of imide groups is 1. The van der Waals surface area contributed by atoms with E-state index in [1.807, 2.05) is 4.90 Å². The van der Waals surface area contributed by atoms with Gasteiger partial charge in [0.05, 0.1) is 24.2 Å². The van der Waals surface area contributed by atoms with E-state index >= 15 is 0 Å². The Morgan fingerprint density at radius 2 is 1.79 bits per heavy atom. The van der Waals surface area contributed by atoms with Crippen molar-refractivity contribution in [3.8, 4) is 6.07 Å². The molecule has 3 rings (SSSR count). The summed E-state index contributed by atoms with van der Waals surface area (Å²) in [6, 6.07) is 7.09. The number of nitrogens with zero attached hydrogens (tertiary/aromatic N) is 4. The maximum Gasteiger partial charge on any atom is 0.251 e. The Balaban J connectivity index is 1.64. The third kappa shape index (κ3) is 3.30. The van der Waals surface area contributed by atoms with Crippen LogP contribution in [0, 0.1) is 17.1 Å². The van der Waals surface area contributed by atoms with Crippen LogP contribution in [0.3, 0.4) is 0 Å². The van der Waals surface area contributed by atoms with E-state index in [4.69, 9.17) is 5.26 Å². The van der Waals surface area contributed by atoms with Crippen LogP contribution in [0.5, 0.6) is 0 Å². The predicted octanol–water partition coefficient (Wildman–Crippen LogP) is 0.989. The number of piperazine rings is 1. The predicted molar refractivity (Wildman–Crippen MR) is 85.5 cm³/mol. The first-order valence-corrected chi connectivity index (χ1v) is 8.06. The van der Waals surface area contributed by atoms with Gasteiger partial charge in [-0.05, 0) is 24.3 Å². The summed E-state index contributed by atoms with van der Waals surface area (Å²) >= 11 is 0. The second-order valence-electron chi connectivity index (χ2n) is 6.05. The first kappa shape index (κ1) is 16.6. The van der Waals surface area contributed by atoms with E-state index in [0.717, 1.165) is 24.5 Å². The van der Waals surface area contributed by atoms with Crippen molar-refractivity contribution < 1.29 is 14.0 Å². The summed E-state index contributed by atoms with van der Waals surface area (Å²) in [4.78, 5) is 30.3. The average Bonchev–Trinajstić information content (AvgIpc) is 2.89. The molecule has 0 radical (unpaired) electrons. The number of benzene rings is 1. The number of carbonyl (C=O) groups excluding carboxylic acids is 2. The number of hydrogen-bond donors (Lipinski definition) is 0. The van der Waals surface area contributed by atoms with Gasteiger partial charge >= 0.3 is 0 Å². The van der Waals surface area contributed by atoms with Gasteiger partial charge in [-0.2, -0.15) is 5.26 Å². The standard InChI is InChI=1S/C17H19FN4O2/c18-13-2-4-14(5-3-13)22-16(23)12-15(17(22)24)21-10-8-20(9-11-21)7-1-6-19/h2-5,15H,1,7-12H2. The highest BCUT2D eigenvalue weighted by Gasteiger charge is 2.43. The lowest BCUT2D eigenvalue weighted by Gasteiger charge is -2.36. The lowest BCUT2D eigenvalue weighted by Crippen LogP contribution is -2.52. The van der Waals surface area contributed by atoms with Crippen molar-refractivity contribution in [1.29, 1.82) is 5.26 Å². The Morgan fingerprint density at radius 3 is 2.42 bits per heavy atom. The first-order valence-electron chi connectivity index (χ1n) is 8.06. The second kappa shape index (κ2) is 7.07. The van der Waals surface area contributed by atoms with Crippen LogP contribution in [0.4, 0.5) is 10.1 Å². The van der Waals surface area contributed by atoms with Gasteiger partial charge in [0.2, 0.25) is 5.91 Å². The zero-order valence-electron chi connectivity index (χ0n) is 13.3. The average molecular weight is 330 g/mol. The van der Waals surface area contributed by atoms with Crippen molar-refractivity contribution in [3.05, 3.63) is 30.1 Å². The van der Waals surface area contributed by atoms with Gasteiger partial charge in [-0.15, -0.1) is 0 Å². The van der Waals surface area contributed by atoms with Crippen LogP contribution < -0.4 is 4.90 Å². The molecule has 7 heteroatoms. The van der Waals surface area contributed by atoms with E-state index in [1.165, 1.54) is 24.3 Å². The molecule has 0 spiro atoms. The van der Waals surface area contributed by atoms with Gasteiger partial charge in [-0.3, -0.25) is 19.4 Å². The van der Waals surface area contributed by atoms with Crippen molar-refractivity contribution in [1.82, 2.24) is 9.80 Å². The molecule has 0 aliphatic carbocycles. The lowest BCUT2D eigenvalue weighted by atomic mass is 10.1. The Labute approximate surface area is 140 Å². The van der Waals surface area contributed by atoms with Crippen LogP contribution in [0.1, 0.15) is 12.8 Å². The Bertz CT molecular complexity index is 662. The number of nitriles is 1. The van der Waals surface area contributed by atoms with E-state index < -0.39 is 11.9 Å². The molecule has 1 aromatic carbocycles. The molecule has 24 heavy (non-hydrogen) atoms. The highest BCUT2D eigenvalue weighted by atomic mass is 19.1. The van der Waals surface area contributed by atoms with Crippen LogP contribution in [0.15, 0.2) is 24.3 Å². The molecule has 1 aromatic rings. The number of amides is 2. The second-order valence-corrected chi connectivity index (χ2v) is 6.05. The molecule has 2 fully saturated rings. The maximum atomic E-state index is 13.0. The van der Waals surface area contributed by atoms with Gasteiger partial charge in [0.25, 0.3) is 5.91 Å². The highest BCUT2D eigenvalue weighted by Crippen LogP contribution is 2.26. The minimum absolute atomic E-state index is 0.161. The summed E-state index contributed by atoms with van der Waals surface area (Å²) in [5.41, 5.74) is 0.418. The van der Waals surface area contributed by atoms with Gasteiger partial charge in [0.1, 0.15) is 5.82 Å². The van der Waals surface area contributed by atoms with Crippen molar-refractivity contribution in [2.45, 2.75) is 18.9 Å². The summed E-state index contributed by atoms with van der Waals surface area (Å²) < 4.78 is 13.0. The summed E-state index contributed by atoms with van der Waals surface area (Å²) in [6.07, 6.45) is 0.660. The molecular formula is C17H19FN4O2. The highest BCUT2D eigenvalue weighted by molar-refractivity contribution is 6.22. The SMILES string of the molecule is N#CCCN1CCN(C2CC(=O)N(c3ccc(F)cc3)C2=O)CC1. The van der Waals surface area contributed by atoms with E-state index in [1.54, 1.807) is 0 Å². The van der Waals surface area contributed by atoms with Crippen LogP contribution in [-0.4, -0.2) is 60.4 Å². The van der Waals surface area contributed by atoms with Gasteiger partial charge < -0.3 is 0 Å². The van der Waals surface area contributed by atoms with Crippen LogP contribution in [0.2, 0.25) is 0 Å². The minimum atomic E-state index is -0.444. The zero-order chi connectivity index (χ0) is 17.1. The van der Waals surface area contributed by atoms with Crippen LogP contribution in [-0.2, 0) is 9.59 Å². The third-order valence-corrected chi connectivity index (χ3v) is 4.60. The molecule has 0 saturated carbocycles. The monoisotopic (exact) mass is 330 g/mol. The quantitative estimate of drug-likeness (QED) is 0.770. The van der Waals surface area contributed by atoms with Gasteiger partial charge in [-0.25, -0.2) is 9.29 Å². The topological polar surface area (TPSA) is 67.7 Å². The molecule has 1 unspecified atom stereocenters. The maximum absolute atomic E-state index is 13.0. The van der Waals surface area contributed by atoms with E-state index in [-0.39, 0.29) is 18.2 Å². The summed E-state index contributed by atoms with van der Waals surface area (Å²) in [6.45, 7) is 3.72.